The van der Waals surface area contributed by atoms with Crippen LogP contribution in [0.3, 0.4) is 0 Å². The fourth-order valence-corrected chi connectivity index (χ4v) is 6.09. The summed E-state index contributed by atoms with van der Waals surface area (Å²) in [6.07, 6.45) is 7.31. The van der Waals surface area contributed by atoms with E-state index in [9.17, 15) is 35.1 Å². The van der Waals surface area contributed by atoms with Gasteiger partial charge in [-0.3, -0.25) is 42.0 Å². The summed E-state index contributed by atoms with van der Waals surface area (Å²) >= 11 is 0. The van der Waals surface area contributed by atoms with Crippen molar-refractivity contribution in [3.05, 3.63) is 205 Å². The monoisotopic (exact) mass is 1020 g/mol. The van der Waals surface area contributed by atoms with Crippen molar-refractivity contribution in [3.8, 4) is 34.3 Å². The first-order valence-corrected chi connectivity index (χ1v) is 17.7. The number of aromatic nitrogens is 9. The first-order chi connectivity index (χ1) is 29.5. The van der Waals surface area contributed by atoms with Crippen LogP contribution in [0.5, 0.6) is 0 Å². The van der Waals surface area contributed by atoms with E-state index >= 15 is 0 Å². The van der Waals surface area contributed by atoms with Gasteiger partial charge in [0.15, 0.2) is 0 Å². The molecule has 0 bridgehead atoms. The van der Waals surface area contributed by atoms with Gasteiger partial charge in [0.2, 0.25) is 0 Å². The molecule has 4 aromatic heterocycles. The summed E-state index contributed by atoms with van der Waals surface area (Å²) in [5, 5.41) is 14.0. The predicted octanol–water partition coefficient (Wildman–Crippen LogP) is 8.02. The van der Waals surface area contributed by atoms with Crippen molar-refractivity contribution in [1.29, 1.82) is 0 Å². The van der Waals surface area contributed by atoms with Crippen LogP contribution in [0.4, 0.5) is 35.1 Å². The molecule has 18 heteroatoms. The average Bonchev–Trinajstić information content (AvgIpc) is 4.01. The van der Waals surface area contributed by atoms with E-state index in [1.807, 2.05) is 12.1 Å². The largest absolute Gasteiger partial charge is 0.329 e. The zero-order chi connectivity index (χ0) is 42.6. The Hall–Kier alpha value is -7.43. The molecule has 0 aliphatic heterocycles. The van der Waals surface area contributed by atoms with Crippen LogP contribution in [0, 0.1) is 71.3 Å². The first-order valence-electron chi connectivity index (χ1n) is 17.7. The van der Waals surface area contributed by atoms with Gasteiger partial charge in [0.05, 0.1) is 33.6 Å². The molecule has 0 amide bonds. The van der Waals surface area contributed by atoms with Crippen LogP contribution in [0.25, 0.3) is 56.3 Å². The summed E-state index contributed by atoms with van der Waals surface area (Å²) in [6, 6.07) is 33.9. The summed E-state index contributed by atoms with van der Waals surface area (Å²) in [6.45, 7) is 0. The maximum absolute atomic E-state index is 14.2. The summed E-state index contributed by atoms with van der Waals surface area (Å²) in [5.41, 5.74) is 2.74. The Morgan fingerprint density at radius 3 is 1.40 bits per heavy atom. The molecule has 311 valence electrons. The van der Waals surface area contributed by atoms with Crippen molar-refractivity contribution >= 4 is 22.1 Å². The number of rotatable bonds is 5. The van der Waals surface area contributed by atoms with Gasteiger partial charge in [-0.25, -0.2) is 17.6 Å². The van der Waals surface area contributed by atoms with Crippen LogP contribution >= 0.6 is 0 Å². The minimum atomic E-state index is -0.830. The fraction of sp³-hybridized carbons (Fsp3) is 0. The Labute approximate surface area is 359 Å². The molecule has 1 radical (unpaired) electrons. The van der Waals surface area contributed by atoms with Gasteiger partial charge in [0.25, 0.3) is 12.7 Å². The Kier molecular flexibility index (Phi) is 12.7. The zero-order valence-electron chi connectivity index (χ0n) is 31.1. The Morgan fingerprint density at radius 1 is 0.516 bits per heavy atom. The van der Waals surface area contributed by atoms with Gasteiger partial charge in [-0.05, 0) is 47.8 Å². The molecule has 0 N–H and O–H groups in total. The summed E-state index contributed by atoms with van der Waals surface area (Å²) in [4.78, 5) is 4.02. The first kappa shape index (κ1) is 42.7. The Morgan fingerprint density at radius 2 is 0.984 bits per heavy atom. The molecule has 0 fully saturated rings. The van der Waals surface area contributed by atoms with Crippen LogP contribution in [-0.4, -0.2) is 29.6 Å². The molecular weight excluding hydrogens is 999 g/mol. The molecule has 4 heterocycles. The van der Waals surface area contributed by atoms with Gasteiger partial charge in [-0.2, -0.15) is 17.3 Å². The molecule has 0 unspecified atom stereocenters. The van der Waals surface area contributed by atoms with Crippen molar-refractivity contribution < 1.29 is 64.4 Å². The number of imidazole rings is 2. The van der Waals surface area contributed by atoms with E-state index in [2.05, 4.69) is 50.4 Å². The minimum Gasteiger partial charge on any atom is -0.329 e. The standard InChI is InChI=1S/2C19H9F4N2.C6H4N5.Ir/c2*20-12-5-7-16(14(22)9-12)24-11-25(19-4-2-1-3-18(19)24)17-8-6-13(21)10-15(17)23;1-2-4-7-5(3-1)6-8-10-11-9-6;/h2*1-7,9-10H;1-4H;/q3*-1;. The quantitative estimate of drug-likeness (QED) is 0.0992. The molecule has 9 nitrogen and oxygen atoms in total. The summed E-state index contributed by atoms with van der Waals surface area (Å²) in [5.74, 6) is -5.68. The van der Waals surface area contributed by atoms with Crippen molar-refractivity contribution in [1.82, 2.24) is 34.7 Å². The minimum absolute atomic E-state index is 0. The fourth-order valence-electron chi connectivity index (χ4n) is 6.09. The van der Waals surface area contributed by atoms with Crippen LogP contribution in [-0.2, 0) is 20.1 Å². The smallest absolute Gasteiger partial charge is 0.268 e. The molecule has 0 spiro atoms. The molecule has 6 aromatic carbocycles. The third-order valence-corrected chi connectivity index (χ3v) is 8.76. The van der Waals surface area contributed by atoms with Crippen molar-refractivity contribution in [3.63, 3.8) is 0 Å². The van der Waals surface area contributed by atoms with Crippen molar-refractivity contribution in [2.75, 3.05) is 0 Å². The molecule has 0 atom stereocenters. The van der Waals surface area contributed by atoms with E-state index in [0.717, 1.165) is 48.5 Å². The van der Waals surface area contributed by atoms with Gasteiger partial charge >= 0.3 is 0 Å². The second-order valence-corrected chi connectivity index (χ2v) is 12.7. The summed E-state index contributed by atoms with van der Waals surface area (Å²) in [7, 11) is 0. The normalized spacial score (nSPS) is 10.8. The molecule has 0 saturated carbocycles. The molecule has 10 rings (SSSR count). The number of nitrogens with zero attached hydrogens (tertiary/aromatic N) is 9. The summed E-state index contributed by atoms with van der Waals surface area (Å²) < 4.78 is 115. The van der Waals surface area contributed by atoms with Crippen LogP contribution < -0.4 is 14.2 Å². The molecule has 0 aliphatic rings. The average molecular weight is 1020 g/mol. The Bertz CT molecular complexity index is 2810. The zero-order valence-corrected chi connectivity index (χ0v) is 33.5. The van der Waals surface area contributed by atoms with Crippen LogP contribution in [0.15, 0.2) is 134 Å². The molecular formula is C44H22F8IrN9-3. The van der Waals surface area contributed by atoms with E-state index in [-0.39, 0.29) is 42.9 Å². The molecule has 0 aliphatic carbocycles. The third-order valence-electron chi connectivity index (χ3n) is 8.76. The van der Waals surface area contributed by atoms with Gasteiger partial charge in [-0.15, -0.1) is 24.3 Å². The van der Waals surface area contributed by atoms with E-state index in [1.54, 1.807) is 60.8 Å². The SMILES string of the molecule is Fc1c[c-]c(-n2[c-][n+](-c3ccc(F)cc3F)c3ccccc32)c(F)c1.Fc1c[c-]c(-n2[c-][n+](-c3ccc(F)cc3F)c3ccccc32)c(F)c1.[Ir].c1ccc(-c2nnn[n-]2)nc1. The maximum atomic E-state index is 14.2. The van der Waals surface area contributed by atoms with Gasteiger partial charge in [-0.1, -0.05) is 54.6 Å². The number of para-hydroxylation sites is 4. The number of tetrazole rings is 1. The second kappa shape index (κ2) is 18.5. The van der Waals surface area contributed by atoms with E-state index in [1.165, 1.54) is 30.4 Å². The Balaban J connectivity index is 0.000000149. The van der Waals surface area contributed by atoms with Gasteiger partial charge < -0.3 is 14.2 Å². The number of halogens is 8. The molecule has 10 aromatic rings. The number of pyridine rings is 1. The predicted molar refractivity (Wildman–Crippen MR) is 201 cm³/mol. The third kappa shape index (κ3) is 8.87. The number of hydrogen-bond donors (Lipinski definition) is 0. The van der Waals surface area contributed by atoms with E-state index in [0.29, 0.717) is 33.6 Å². The number of benzene rings is 6. The van der Waals surface area contributed by atoms with Crippen LogP contribution in [0.2, 0.25) is 0 Å². The molecule has 0 saturated heterocycles. The van der Waals surface area contributed by atoms with Gasteiger partial charge in [0, 0.05) is 61.7 Å². The van der Waals surface area contributed by atoms with Crippen molar-refractivity contribution in [2.45, 2.75) is 0 Å². The topological polar surface area (TPSA) is 83.3 Å². The van der Waals surface area contributed by atoms with E-state index in [4.69, 9.17) is 0 Å². The van der Waals surface area contributed by atoms with Crippen molar-refractivity contribution in [2.24, 2.45) is 0 Å². The van der Waals surface area contributed by atoms with Gasteiger partial charge in [0.1, 0.15) is 34.6 Å². The second-order valence-electron chi connectivity index (χ2n) is 12.7. The number of fused-ring (bicyclic) bond motifs is 2. The number of hydrogen-bond acceptors (Lipinski definition) is 4. The van der Waals surface area contributed by atoms with Crippen LogP contribution in [0.1, 0.15) is 0 Å². The maximum Gasteiger partial charge on any atom is 0.268 e. The molecule has 62 heavy (non-hydrogen) atoms. The van der Waals surface area contributed by atoms with E-state index < -0.39 is 46.5 Å².